The van der Waals surface area contributed by atoms with Crippen molar-refractivity contribution in [1.29, 1.82) is 0 Å². The van der Waals surface area contributed by atoms with Crippen LogP contribution < -0.4 is 5.32 Å². The number of hydrogen-bond acceptors (Lipinski definition) is 3. The summed E-state index contributed by atoms with van der Waals surface area (Å²) in [7, 11) is 0. The van der Waals surface area contributed by atoms with Crippen molar-refractivity contribution in [3.8, 4) is 0 Å². The van der Waals surface area contributed by atoms with Crippen LogP contribution in [-0.4, -0.2) is 23.0 Å². The Labute approximate surface area is 96.9 Å². The lowest BCUT2D eigenvalue weighted by molar-refractivity contribution is -0.527. The molecule has 4 nitrogen and oxygen atoms in total. The van der Waals surface area contributed by atoms with Gasteiger partial charge >= 0.3 is 0 Å². The summed E-state index contributed by atoms with van der Waals surface area (Å²) in [5, 5.41) is 14.4. The Morgan fingerprint density at radius 1 is 0.938 bits per heavy atom. The molecule has 4 heteroatoms. The van der Waals surface area contributed by atoms with Gasteiger partial charge in [0.15, 0.2) is 0 Å². The lowest BCUT2D eigenvalue weighted by Crippen LogP contribution is -2.44. The molecule has 0 amide bonds. The van der Waals surface area contributed by atoms with Crippen LogP contribution >= 0.6 is 0 Å². The molecule has 2 aliphatic rings. The summed E-state index contributed by atoms with van der Waals surface area (Å²) in [4.78, 5) is 10.7. The highest BCUT2D eigenvalue weighted by molar-refractivity contribution is 4.82. The fraction of sp³-hybridized carbons (Fsp3) is 1.00. The van der Waals surface area contributed by atoms with E-state index in [4.69, 9.17) is 0 Å². The second-order valence-corrected chi connectivity index (χ2v) is 5.30. The highest BCUT2D eigenvalue weighted by Gasteiger charge is 2.30. The summed E-state index contributed by atoms with van der Waals surface area (Å²) in [6.07, 6.45) is 10.2. The molecule has 2 saturated carbocycles. The molecule has 2 aliphatic carbocycles. The number of nitrogens with one attached hydrogen (secondary N) is 1. The van der Waals surface area contributed by atoms with Gasteiger partial charge in [0.25, 0.3) is 0 Å². The van der Waals surface area contributed by atoms with Crippen LogP contribution in [0.5, 0.6) is 0 Å². The molecule has 0 bridgehead atoms. The highest BCUT2D eigenvalue weighted by atomic mass is 16.6. The molecule has 92 valence electrons. The van der Waals surface area contributed by atoms with E-state index >= 15 is 0 Å². The lowest BCUT2D eigenvalue weighted by atomic mass is 9.88. The summed E-state index contributed by atoms with van der Waals surface area (Å²) in [5.41, 5.74) is 0. The van der Waals surface area contributed by atoms with Crippen molar-refractivity contribution < 1.29 is 4.92 Å². The maximum atomic E-state index is 10.8. The third kappa shape index (κ3) is 3.17. The van der Waals surface area contributed by atoms with Gasteiger partial charge in [-0.1, -0.05) is 19.3 Å². The minimum Gasteiger partial charge on any atom is -0.311 e. The molecule has 16 heavy (non-hydrogen) atoms. The smallest absolute Gasteiger partial charge is 0.214 e. The van der Waals surface area contributed by atoms with Crippen LogP contribution in [0.4, 0.5) is 0 Å². The number of rotatable bonds is 3. The molecule has 2 atom stereocenters. The van der Waals surface area contributed by atoms with Crippen LogP contribution in [0.2, 0.25) is 0 Å². The van der Waals surface area contributed by atoms with Crippen LogP contribution in [0.3, 0.4) is 0 Å². The average Bonchev–Trinajstić information content (AvgIpc) is 2.30. The van der Waals surface area contributed by atoms with Crippen molar-refractivity contribution in [3.63, 3.8) is 0 Å². The first-order valence-electron chi connectivity index (χ1n) is 6.65. The largest absolute Gasteiger partial charge is 0.311 e. The normalized spacial score (nSPS) is 32.5. The van der Waals surface area contributed by atoms with Gasteiger partial charge in [0.05, 0.1) is 0 Å². The average molecular weight is 226 g/mol. The molecule has 0 aromatic carbocycles. The van der Waals surface area contributed by atoms with Gasteiger partial charge in [-0.15, -0.1) is 0 Å². The van der Waals surface area contributed by atoms with E-state index in [0.717, 1.165) is 25.7 Å². The molecule has 2 rings (SSSR count). The van der Waals surface area contributed by atoms with E-state index in [1.54, 1.807) is 0 Å². The Hall–Kier alpha value is -0.640. The molecule has 2 unspecified atom stereocenters. The van der Waals surface area contributed by atoms with Crippen molar-refractivity contribution in [3.05, 3.63) is 10.1 Å². The fourth-order valence-corrected chi connectivity index (χ4v) is 3.11. The van der Waals surface area contributed by atoms with Gasteiger partial charge in [-0.3, -0.25) is 10.1 Å². The third-order valence-electron chi connectivity index (χ3n) is 4.02. The monoisotopic (exact) mass is 226 g/mol. The topological polar surface area (TPSA) is 55.2 Å². The minimum atomic E-state index is -0.296. The maximum Gasteiger partial charge on any atom is 0.214 e. The van der Waals surface area contributed by atoms with Crippen molar-refractivity contribution >= 4 is 0 Å². The minimum absolute atomic E-state index is 0.0886. The predicted octanol–water partition coefficient (Wildman–Crippen LogP) is 2.50. The summed E-state index contributed by atoms with van der Waals surface area (Å²) in [6.45, 7) is 0. The molecule has 0 aliphatic heterocycles. The first kappa shape index (κ1) is 11.8. The van der Waals surface area contributed by atoms with Crippen LogP contribution in [0.1, 0.15) is 57.8 Å². The maximum absolute atomic E-state index is 10.8. The van der Waals surface area contributed by atoms with Gasteiger partial charge in [-0.05, 0) is 25.7 Å². The van der Waals surface area contributed by atoms with Gasteiger partial charge in [0, 0.05) is 29.8 Å². The predicted molar refractivity (Wildman–Crippen MR) is 63.0 cm³/mol. The molecule has 0 spiro atoms. The van der Waals surface area contributed by atoms with Gasteiger partial charge in [0.2, 0.25) is 6.04 Å². The van der Waals surface area contributed by atoms with E-state index in [1.807, 2.05) is 0 Å². The first-order valence-corrected chi connectivity index (χ1v) is 6.65. The van der Waals surface area contributed by atoms with Crippen molar-refractivity contribution in [2.24, 2.45) is 0 Å². The molecule has 0 radical (unpaired) electrons. The van der Waals surface area contributed by atoms with E-state index in [1.165, 1.54) is 32.1 Å². The second kappa shape index (κ2) is 5.62. The summed E-state index contributed by atoms with van der Waals surface area (Å²) < 4.78 is 0. The van der Waals surface area contributed by atoms with Gasteiger partial charge in [-0.25, -0.2) is 0 Å². The molecule has 0 aromatic rings. The van der Waals surface area contributed by atoms with Crippen molar-refractivity contribution in [2.45, 2.75) is 75.9 Å². The van der Waals surface area contributed by atoms with E-state index in [-0.39, 0.29) is 11.0 Å². The Balaban J connectivity index is 1.78. The third-order valence-corrected chi connectivity index (χ3v) is 4.02. The van der Waals surface area contributed by atoms with E-state index < -0.39 is 0 Å². The lowest BCUT2D eigenvalue weighted by Gasteiger charge is -2.31. The number of nitrogens with zero attached hydrogens (tertiary/aromatic N) is 1. The van der Waals surface area contributed by atoms with Crippen LogP contribution in [0, 0.1) is 10.1 Å². The Morgan fingerprint density at radius 3 is 2.31 bits per heavy atom. The molecule has 2 fully saturated rings. The quantitative estimate of drug-likeness (QED) is 0.594. The molecular formula is C12H22N2O2. The molecule has 0 saturated heterocycles. The Bertz CT molecular complexity index is 239. The Kier molecular flexibility index (Phi) is 4.16. The zero-order valence-corrected chi connectivity index (χ0v) is 9.86. The standard InChI is InChI=1S/C12H22N2O2/c15-14(16)12-8-4-7-11(9-12)13-10-5-2-1-3-6-10/h10-13H,1-9H2. The molecule has 0 aromatic heterocycles. The van der Waals surface area contributed by atoms with Crippen LogP contribution in [0.25, 0.3) is 0 Å². The SMILES string of the molecule is O=[N+]([O-])C1CCCC(NC2CCCCC2)C1. The number of nitro groups is 1. The van der Waals surface area contributed by atoms with Crippen LogP contribution in [-0.2, 0) is 0 Å². The second-order valence-electron chi connectivity index (χ2n) is 5.30. The van der Waals surface area contributed by atoms with Gasteiger partial charge in [0.1, 0.15) is 0 Å². The van der Waals surface area contributed by atoms with Crippen molar-refractivity contribution in [2.75, 3.05) is 0 Å². The first-order chi connectivity index (χ1) is 7.75. The van der Waals surface area contributed by atoms with E-state index in [2.05, 4.69) is 5.32 Å². The number of hydrogen-bond donors (Lipinski definition) is 1. The molecule has 1 N–H and O–H groups in total. The summed E-state index contributed by atoms with van der Waals surface area (Å²) in [6, 6.07) is 0.728. The van der Waals surface area contributed by atoms with Gasteiger partial charge in [-0.2, -0.15) is 0 Å². The fourth-order valence-electron chi connectivity index (χ4n) is 3.11. The van der Waals surface area contributed by atoms with Gasteiger partial charge < -0.3 is 5.32 Å². The summed E-state index contributed by atoms with van der Waals surface area (Å²) in [5.74, 6) is 0. The molecule has 0 heterocycles. The zero-order chi connectivity index (χ0) is 11.4. The van der Waals surface area contributed by atoms with E-state index in [0.29, 0.717) is 12.1 Å². The Morgan fingerprint density at radius 2 is 1.62 bits per heavy atom. The zero-order valence-electron chi connectivity index (χ0n) is 9.86. The summed E-state index contributed by atoms with van der Waals surface area (Å²) >= 11 is 0. The highest BCUT2D eigenvalue weighted by Crippen LogP contribution is 2.24. The van der Waals surface area contributed by atoms with Crippen molar-refractivity contribution in [1.82, 2.24) is 5.32 Å². The van der Waals surface area contributed by atoms with Crippen LogP contribution in [0.15, 0.2) is 0 Å². The molecular weight excluding hydrogens is 204 g/mol. The van der Waals surface area contributed by atoms with E-state index in [9.17, 15) is 10.1 Å².